The van der Waals surface area contributed by atoms with E-state index in [0.29, 0.717) is 23.9 Å². The first kappa shape index (κ1) is 16.8. The molecule has 1 aliphatic rings. The molecule has 128 valence electrons. The minimum Gasteiger partial charge on any atom is -0.364 e. The van der Waals surface area contributed by atoms with E-state index < -0.39 is 5.91 Å². The second-order valence-corrected chi connectivity index (χ2v) is 5.57. The fourth-order valence-corrected chi connectivity index (χ4v) is 2.96. The average Bonchev–Trinajstić information content (AvgIpc) is 2.93. The van der Waals surface area contributed by atoms with Crippen LogP contribution in [0.3, 0.4) is 0 Å². The third-order valence-electron chi connectivity index (χ3n) is 4.02. The Morgan fingerprint density at radius 2 is 2.12 bits per heavy atom. The summed E-state index contributed by atoms with van der Waals surface area (Å²) in [4.78, 5) is 24.8. The third-order valence-corrected chi connectivity index (χ3v) is 4.02. The number of aromatic nitrogens is 5. The van der Waals surface area contributed by atoms with Gasteiger partial charge in [-0.25, -0.2) is 15.0 Å². The number of carbonyl (C=O) groups excluding carboxylic acids is 1. The maximum absolute atomic E-state index is 11.6. The first-order valence-corrected chi connectivity index (χ1v) is 7.53. The van der Waals surface area contributed by atoms with Crippen LogP contribution in [0.15, 0.2) is 30.6 Å². The number of aryl methyl sites for hydroxylation is 2. The number of fused-ring (bicyclic) bond motifs is 3. The van der Waals surface area contributed by atoms with Crippen LogP contribution in [-0.2, 0) is 19.9 Å². The van der Waals surface area contributed by atoms with Crippen LogP contribution in [0.1, 0.15) is 21.6 Å². The number of amides is 1. The number of nitrogens with two attached hydrogens (primary N) is 1. The highest BCUT2D eigenvalue weighted by atomic mass is 35.5. The molecule has 0 radical (unpaired) electrons. The molecule has 0 atom stereocenters. The van der Waals surface area contributed by atoms with E-state index in [1.807, 2.05) is 18.2 Å². The fraction of sp³-hybridized carbons (Fsp3) is 0.188. The van der Waals surface area contributed by atoms with Gasteiger partial charge in [-0.3, -0.25) is 9.48 Å². The van der Waals surface area contributed by atoms with Crippen LogP contribution >= 0.6 is 12.4 Å². The smallest absolute Gasteiger partial charge is 0.269 e. The number of hydrogen-bond donors (Lipinski definition) is 2. The Hall–Kier alpha value is -3.00. The van der Waals surface area contributed by atoms with Crippen LogP contribution in [-0.4, -0.2) is 30.6 Å². The van der Waals surface area contributed by atoms with Crippen molar-refractivity contribution in [2.45, 2.75) is 12.8 Å². The number of anilines is 2. The SMILES string of the molecule is Cl.Cn1nc(C(N)=O)c2c1-c1nc(Nc3ccccn3)ncc1CC2. The van der Waals surface area contributed by atoms with Crippen LogP contribution in [0.25, 0.3) is 11.4 Å². The van der Waals surface area contributed by atoms with Crippen LogP contribution in [0.5, 0.6) is 0 Å². The van der Waals surface area contributed by atoms with Gasteiger partial charge in [0.25, 0.3) is 5.91 Å². The molecule has 0 aromatic carbocycles. The normalized spacial score (nSPS) is 11.9. The van der Waals surface area contributed by atoms with Crippen molar-refractivity contribution in [1.29, 1.82) is 0 Å². The molecule has 8 nitrogen and oxygen atoms in total. The number of carbonyl (C=O) groups is 1. The van der Waals surface area contributed by atoms with E-state index >= 15 is 0 Å². The standard InChI is InChI=1S/C16H15N7O.ClH/c1-23-14-10(13(22-23)15(17)24)6-5-9-8-19-16(21-12(9)14)20-11-4-2-3-7-18-11;/h2-4,7-8H,5-6H2,1H3,(H2,17,24)(H,18,19,20,21);1H. The second-order valence-electron chi connectivity index (χ2n) is 5.57. The van der Waals surface area contributed by atoms with Gasteiger partial charge in [0.15, 0.2) is 5.69 Å². The summed E-state index contributed by atoms with van der Waals surface area (Å²) in [7, 11) is 1.79. The monoisotopic (exact) mass is 357 g/mol. The number of pyridine rings is 1. The molecule has 3 aromatic heterocycles. The molecule has 0 saturated carbocycles. The predicted octanol–water partition coefficient (Wildman–Crippen LogP) is 1.63. The van der Waals surface area contributed by atoms with Gasteiger partial charge < -0.3 is 11.1 Å². The number of primary amides is 1. The Labute approximate surface area is 149 Å². The molecule has 4 rings (SSSR count). The van der Waals surface area contributed by atoms with Gasteiger partial charge in [0, 0.05) is 25.0 Å². The lowest BCUT2D eigenvalue weighted by atomic mass is 9.93. The number of hydrogen-bond acceptors (Lipinski definition) is 6. The minimum absolute atomic E-state index is 0. The van der Waals surface area contributed by atoms with Crippen molar-refractivity contribution in [2.75, 3.05) is 5.32 Å². The van der Waals surface area contributed by atoms with Crippen molar-refractivity contribution in [3.63, 3.8) is 0 Å². The molecule has 9 heteroatoms. The van der Waals surface area contributed by atoms with Crippen molar-refractivity contribution in [3.05, 3.63) is 47.4 Å². The molecular weight excluding hydrogens is 342 g/mol. The number of rotatable bonds is 3. The minimum atomic E-state index is -0.517. The maximum atomic E-state index is 11.6. The van der Waals surface area contributed by atoms with E-state index in [0.717, 1.165) is 28.9 Å². The largest absolute Gasteiger partial charge is 0.364 e. The second kappa shape index (κ2) is 6.48. The van der Waals surface area contributed by atoms with E-state index in [4.69, 9.17) is 5.73 Å². The van der Waals surface area contributed by atoms with E-state index in [-0.39, 0.29) is 12.4 Å². The van der Waals surface area contributed by atoms with Gasteiger partial charge in [0.2, 0.25) is 5.95 Å². The Balaban J connectivity index is 0.00000182. The molecule has 25 heavy (non-hydrogen) atoms. The van der Waals surface area contributed by atoms with Gasteiger partial charge in [-0.2, -0.15) is 5.10 Å². The van der Waals surface area contributed by atoms with Crippen molar-refractivity contribution in [1.82, 2.24) is 24.7 Å². The van der Waals surface area contributed by atoms with Gasteiger partial charge in [-0.15, -0.1) is 12.4 Å². The topological polar surface area (TPSA) is 112 Å². The lowest BCUT2D eigenvalue weighted by Crippen LogP contribution is -2.16. The fourth-order valence-electron chi connectivity index (χ4n) is 2.96. The lowest BCUT2D eigenvalue weighted by molar-refractivity contribution is 0.0994. The molecular formula is C16H16ClN7O. The Morgan fingerprint density at radius 3 is 2.84 bits per heavy atom. The van der Waals surface area contributed by atoms with Gasteiger partial charge in [-0.1, -0.05) is 6.07 Å². The molecule has 0 saturated heterocycles. The van der Waals surface area contributed by atoms with E-state index in [1.54, 1.807) is 24.1 Å². The van der Waals surface area contributed by atoms with Crippen molar-refractivity contribution < 1.29 is 4.79 Å². The Bertz CT molecular complexity index is 939. The molecule has 3 heterocycles. The van der Waals surface area contributed by atoms with Crippen LogP contribution in [0.4, 0.5) is 11.8 Å². The Morgan fingerprint density at radius 1 is 1.28 bits per heavy atom. The first-order chi connectivity index (χ1) is 11.6. The van der Waals surface area contributed by atoms with Gasteiger partial charge in [0.1, 0.15) is 5.82 Å². The molecule has 0 unspecified atom stereocenters. The summed E-state index contributed by atoms with van der Waals surface area (Å²) in [6.45, 7) is 0. The van der Waals surface area contributed by atoms with Crippen molar-refractivity contribution in [3.8, 4) is 11.4 Å². The summed E-state index contributed by atoms with van der Waals surface area (Å²) >= 11 is 0. The van der Waals surface area contributed by atoms with E-state index in [1.165, 1.54) is 0 Å². The van der Waals surface area contributed by atoms with Gasteiger partial charge in [-0.05, 0) is 30.5 Å². The summed E-state index contributed by atoms with van der Waals surface area (Å²) < 4.78 is 1.66. The molecule has 1 aliphatic carbocycles. The molecule has 3 aromatic rings. The molecule has 1 amide bonds. The van der Waals surface area contributed by atoms with E-state index in [2.05, 4.69) is 25.4 Å². The predicted molar refractivity (Wildman–Crippen MR) is 94.9 cm³/mol. The summed E-state index contributed by atoms with van der Waals surface area (Å²) in [6, 6.07) is 5.56. The third kappa shape index (κ3) is 2.91. The lowest BCUT2D eigenvalue weighted by Gasteiger charge is -2.17. The number of nitrogens with one attached hydrogen (secondary N) is 1. The zero-order valence-corrected chi connectivity index (χ0v) is 14.2. The quantitative estimate of drug-likeness (QED) is 0.737. The molecule has 0 spiro atoms. The maximum Gasteiger partial charge on any atom is 0.269 e. The Kier molecular flexibility index (Phi) is 4.37. The number of nitrogens with zero attached hydrogens (tertiary/aromatic N) is 5. The summed E-state index contributed by atoms with van der Waals surface area (Å²) in [5, 5.41) is 7.33. The highest BCUT2D eigenvalue weighted by molar-refractivity contribution is 5.94. The summed E-state index contributed by atoms with van der Waals surface area (Å²) in [6.07, 6.45) is 4.94. The van der Waals surface area contributed by atoms with Crippen LogP contribution in [0.2, 0.25) is 0 Å². The van der Waals surface area contributed by atoms with Gasteiger partial charge in [0.05, 0.1) is 11.4 Å². The van der Waals surface area contributed by atoms with Crippen LogP contribution < -0.4 is 11.1 Å². The van der Waals surface area contributed by atoms with Crippen LogP contribution in [0, 0.1) is 0 Å². The number of halogens is 1. The zero-order valence-electron chi connectivity index (χ0n) is 13.4. The highest BCUT2D eigenvalue weighted by Crippen LogP contribution is 2.33. The molecule has 3 N–H and O–H groups in total. The average molecular weight is 358 g/mol. The molecule has 0 bridgehead atoms. The first-order valence-electron chi connectivity index (χ1n) is 7.53. The molecule has 0 fully saturated rings. The summed E-state index contributed by atoms with van der Waals surface area (Å²) in [5.41, 5.74) is 9.21. The van der Waals surface area contributed by atoms with Gasteiger partial charge >= 0.3 is 0 Å². The van der Waals surface area contributed by atoms with Crippen molar-refractivity contribution >= 4 is 30.1 Å². The summed E-state index contributed by atoms with van der Waals surface area (Å²) in [5.74, 6) is 0.592. The highest BCUT2D eigenvalue weighted by Gasteiger charge is 2.27. The molecule has 0 aliphatic heterocycles. The van der Waals surface area contributed by atoms with Crippen molar-refractivity contribution in [2.24, 2.45) is 12.8 Å². The van der Waals surface area contributed by atoms with E-state index in [9.17, 15) is 4.79 Å². The zero-order chi connectivity index (χ0) is 16.7.